The Kier molecular flexibility index (Phi) is 2.69. The molecule has 0 atom stereocenters. The summed E-state index contributed by atoms with van der Waals surface area (Å²) in [6.45, 7) is 2.09. The normalized spacial score (nSPS) is 17.5. The fraction of sp³-hybridized carbons (Fsp3) is 0.667. The first-order chi connectivity index (χ1) is 5.25. The van der Waals surface area contributed by atoms with Gasteiger partial charge in [0.15, 0.2) is 0 Å². The van der Waals surface area contributed by atoms with Crippen molar-refractivity contribution in [2.24, 2.45) is 0 Å². The molecule has 11 heavy (non-hydrogen) atoms. The molecule has 0 fully saturated rings. The molecule has 1 N–H and O–H groups in total. The molecule has 62 valence electrons. The summed E-state index contributed by atoms with van der Waals surface area (Å²) < 4.78 is 0. The molecular formula is C9H14O2. The Morgan fingerprint density at radius 1 is 1.55 bits per heavy atom. The van der Waals surface area contributed by atoms with Crippen molar-refractivity contribution < 1.29 is 9.90 Å². The largest absolute Gasteiger partial charge is 0.478 e. The average Bonchev–Trinajstić information content (AvgIpc) is 2.36. The number of carboxylic acids is 1. The van der Waals surface area contributed by atoms with E-state index in [-0.39, 0.29) is 0 Å². The molecule has 0 heterocycles. The van der Waals surface area contributed by atoms with Gasteiger partial charge in [-0.05, 0) is 25.7 Å². The minimum atomic E-state index is -0.703. The number of carbonyl (C=O) groups is 1. The Morgan fingerprint density at radius 3 is 2.82 bits per heavy atom. The molecule has 0 saturated heterocycles. The fourth-order valence-electron chi connectivity index (χ4n) is 1.64. The van der Waals surface area contributed by atoms with E-state index < -0.39 is 5.97 Å². The number of rotatable bonds is 3. The Bertz CT molecular complexity index is 192. The van der Waals surface area contributed by atoms with Crippen LogP contribution in [0.3, 0.4) is 0 Å². The van der Waals surface area contributed by atoms with Crippen molar-refractivity contribution in [1.82, 2.24) is 0 Å². The van der Waals surface area contributed by atoms with E-state index in [0.29, 0.717) is 5.57 Å². The highest BCUT2D eigenvalue weighted by Gasteiger charge is 2.18. The van der Waals surface area contributed by atoms with Gasteiger partial charge >= 0.3 is 5.97 Å². The maximum absolute atomic E-state index is 10.6. The molecular weight excluding hydrogens is 140 g/mol. The minimum Gasteiger partial charge on any atom is -0.478 e. The summed E-state index contributed by atoms with van der Waals surface area (Å²) in [4.78, 5) is 10.6. The predicted molar refractivity (Wildman–Crippen MR) is 43.4 cm³/mol. The third-order valence-electron chi connectivity index (χ3n) is 2.14. The van der Waals surface area contributed by atoms with Crippen molar-refractivity contribution in [2.45, 2.75) is 39.0 Å². The highest BCUT2D eigenvalue weighted by Crippen LogP contribution is 2.28. The van der Waals surface area contributed by atoms with Crippen LogP contribution in [0.25, 0.3) is 0 Å². The standard InChI is InChI=1S/C9H14O2/c1-2-4-7-5-3-6-8(7)9(10)11/h2-6H2,1H3,(H,10,11). The van der Waals surface area contributed by atoms with Crippen LogP contribution < -0.4 is 0 Å². The van der Waals surface area contributed by atoms with Crippen LogP contribution in [0.1, 0.15) is 39.0 Å². The van der Waals surface area contributed by atoms with E-state index >= 15 is 0 Å². The van der Waals surface area contributed by atoms with Crippen molar-refractivity contribution in [3.8, 4) is 0 Å². The molecule has 0 aliphatic heterocycles. The number of carboxylic acid groups (broad SMARTS) is 1. The van der Waals surface area contributed by atoms with Gasteiger partial charge in [0.1, 0.15) is 0 Å². The highest BCUT2D eigenvalue weighted by molar-refractivity contribution is 5.88. The molecule has 0 amide bonds. The smallest absolute Gasteiger partial charge is 0.331 e. The van der Waals surface area contributed by atoms with Gasteiger partial charge in [0.2, 0.25) is 0 Å². The molecule has 0 spiro atoms. The third-order valence-corrected chi connectivity index (χ3v) is 2.14. The van der Waals surface area contributed by atoms with Gasteiger partial charge in [0.25, 0.3) is 0 Å². The number of aliphatic carboxylic acids is 1. The van der Waals surface area contributed by atoms with Crippen LogP contribution in [0.2, 0.25) is 0 Å². The van der Waals surface area contributed by atoms with Gasteiger partial charge in [-0.25, -0.2) is 4.79 Å². The predicted octanol–water partition coefficient (Wildman–Crippen LogP) is 2.35. The second-order valence-corrected chi connectivity index (χ2v) is 2.99. The van der Waals surface area contributed by atoms with Crippen molar-refractivity contribution in [3.05, 3.63) is 11.1 Å². The van der Waals surface area contributed by atoms with E-state index in [1.165, 1.54) is 5.57 Å². The fourth-order valence-corrected chi connectivity index (χ4v) is 1.64. The van der Waals surface area contributed by atoms with Crippen LogP contribution in [0.15, 0.2) is 11.1 Å². The van der Waals surface area contributed by atoms with Crippen molar-refractivity contribution >= 4 is 5.97 Å². The van der Waals surface area contributed by atoms with Crippen LogP contribution in [0, 0.1) is 0 Å². The minimum absolute atomic E-state index is 0.687. The SMILES string of the molecule is CCCC1=C(C(=O)O)CCC1. The quantitative estimate of drug-likeness (QED) is 0.677. The molecule has 2 nitrogen and oxygen atoms in total. The molecule has 0 radical (unpaired) electrons. The van der Waals surface area contributed by atoms with E-state index in [1.54, 1.807) is 0 Å². The van der Waals surface area contributed by atoms with E-state index in [1.807, 2.05) is 0 Å². The second-order valence-electron chi connectivity index (χ2n) is 2.99. The van der Waals surface area contributed by atoms with Crippen LogP contribution in [-0.2, 0) is 4.79 Å². The molecule has 0 unspecified atom stereocenters. The molecule has 0 bridgehead atoms. The second kappa shape index (κ2) is 3.56. The summed E-state index contributed by atoms with van der Waals surface area (Å²) in [7, 11) is 0. The Morgan fingerprint density at radius 2 is 2.27 bits per heavy atom. The zero-order chi connectivity index (χ0) is 8.27. The maximum Gasteiger partial charge on any atom is 0.331 e. The lowest BCUT2D eigenvalue weighted by Gasteiger charge is -1.99. The first-order valence-corrected chi connectivity index (χ1v) is 4.20. The van der Waals surface area contributed by atoms with Gasteiger partial charge in [-0.15, -0.1) is 0 Å². The molecule has 2 heteroatoms. The van der Waals surface area contributed by atoms with E-state index in [2.05, 4.69) is 6.92 Å². The average molecular weight is 154 g/mol. The Balaban J connectivity index is 2.69. The molecule has 1 rings (SSSR count). The van der Waals surface area contributed by atoms with Gasteiger partial charge in [-0.1, -0.05) is 18.9 Å². The van der Waals surface area contributed by atoms with Crippen LogP contribution in [0.4, 0.5) is 0 Å². The molecule has 0 aromatic heterocycles. The van der Waals surface area contributed by atoms with Crippen LogP contribution in [-0.4, -0.2) is 11.1 Å². The van der Waals surface area contributed by atoms with Crippen LogP contribution >= 0.6 is 0 Å². The van der Waals surface area contributed by atoms with Gasteiger partial charge in [-0.3, -0.25) is 0 Å². The molecule has 1 aliphatic carbocycles. The number of allylic oxidation sites excluding steroid dienone is 1. The van der Waals surface area contributed by atoms with Crippen LogP contribution in [0.5, 0.6) is 0 Å². The first-order valence-electron chi connectivity index (χ1n) is 4.20. The summed E-state index contributed by atoms with van der Waals surface area (Å²) in [6, 6.07) is 0. The van der Waals surface area contributed by atoms with Crippen molar-refractivity contribution in [2.75, 3.05) is 0 Å². The van der Waals surface area contributed by atoms with Gasteiger partial charge in [0.05, 0.1) is 0 Å². The summed E-state index contributed by atoms with van der Waals surface area (Å²) in [6.07, 6.45) is 4.87. The zero-order valence-corrected chi connectivity index (χ0v) is 6.89. The van der Waals surface area contributed by atoms with E-state index in [4.69, 9.17) is 5.11 Å². The lowest BCUT2D eigenvalue weighted by molar-refractivity contribution is -0.132. The maximum atomic E-state index is 10.6. The Hall–Kier alpha value is -0.790. The van der Waals surface area contributed by atoms with Gasteiger partial charge in [-0.2, -0.15) is 0 Å². The monoisotopic (exact) mass is 154 g/mol. The first kappa shape index (κ1) is 8.31. The summed E-state index contributed by atoms with van der Waals surface area (Å²) in [5.74, 6) is -0.703. The molecule has 1 aliphatic rings. The Labute approximate surface area is 66.9 Å². The van der Waals surface area contributed by atoms with E-state index in [9.17, 15) is 4.79 Å². The highest BCUT2D eigenvalue weighted by atomic mass is 16.4. The summed E-state index contributed by atoms with van der Waals surface area (Å²) in [5.41, 5.74) is 1.87. The van der Waals surface area contributed by atoms with Crippen molar-refractivity contribution in [3.63, 3.8) is 0 Å². The number of hydrogen-bond donors (Lipinski definition) is 1. The molecule has 0 aromatic rings. The zero-order valence-electron chi connectivity index (χ0n) is 6.89. The number of hydrogen-bond acceptors (Lipinski definition) is 1. The van der Waals surface area contributed by atoms with Gasteiger partial charge in [0, 0.05) is 5.57 Å². The van der Waals surface area contributed by atoms with Gasteiger partial charge < -0.3 is 5.11 Å². The third kappa shape index (κ3) is 1.82. The summed E-state index contributed by atoms with van der Waals surface area (Å²) >= 11 is 0. The lowest BCUT2D eigenvalue weighted by Crippen LogP contribution is -1.99. The lowest BCUT2D eigenvalue weighted by atomic mass is 10.1. The molecule has 0 saturated carbocycles. The summed E-state index contributed by atoms with van der Waals surface area (Å²) in [5, 5.41) is 8.75. The topological polar surface area (TPSA) is 37.3 Å². The van der Waals surface area contributed by atoms with E-state index in [0.717, 1.165) is 32.1 Å². The molecule has 0 aromatic carbocycles. The van der Waals surface area contributed by atoms with Crippen molar-refractivity contribution in [1.29, 1.82) is 0 Å².